The van der Waals surface area contributed by atoms with E-state index in [9.17, 15) is 4.79 Å². The lowest BCUT2D eigenvalue weighted by Crippen LogP contribution is -2.53. The van der Waals surface area contributed by atoms with Crippen molar-refractivity contribution in [3.63, 3.8) is 0 Å². The Bertz CT molecular complexity index is 763. The van der Waals surface area contributed by atoms with E-state index >= 15 is 0 Å². The van der Waals surface area contributed by atoms with E-state index in [2.05, 4.69) is 46.3 Å². The number of nitrogens with one attached hydrogen (secondary N) is 1. The van der Waals surface area contributed by atoms with E-state index in [4.69, 9.17) is 16.3 Å². The number of ether oxygens (including phenoxy) is 1. The van der Waals surface area contributed by atoms with Gasteiger partial charge >= 0.3 is 0 Å². The summed E-state index contributed by atoms with van der Waals surface area (Å²) in [5, 5.41) is 3.60. The third kappa shape index (κ3) is 5.63. The van der Waals surface area contributed by atoms with Gasteiger partial charge in [0.15, 0.2) is 6.10 Å². The first kappa shape index (κ1) is 20.5. The molecule has 0 aliphatic carbocycles. The molecule has 1 amide bonds. The van der Waals surface area contributed by atoms with Gasteiger partial charge in [-0.15, -0.1) is 0 Å². The van der Waals surface area contributed by atoms with Crippen LogP contribution in [0.2, 0.25) is 5.02 Å². The molecule has 5 nitrogen and oxygen atoms in total. The molecule has 2 atom stereocenters. The molecule has 0 bridgehead atoms. The molecule has 1 N–H and O–H groups in total. The summed E-state index contributed by atoms with van der Waals surface area (Å²) in [6, 6.07) is 17.9. The number of nitrogens with zero attached hydrogens (tertiary/aromatic N) is 2. The van der Waals surface area contributed by atoms with Gasteiger partial charge in [0, 0.05) is 49.5 Å². The molecule has 0 radical (unpaired) electrons. The highest BCUT2D eigenvalue weighted by molar-refractivity contribution is 6.30. The smallest absolute Gasteiger partial charge is 0.260 e. The van der Waals surface area contributed by atoms with Crippen molar-refractivity contribution in [2.24, 2.45) is 0 Å². The average molecular weight is 402 g/mol. The molecule has 2 unspecified atom stereocenters. The second-order valence-electron chi connectivity index (χ2n) is 7.17. The number of carbonyl (C=O) groups excluding carboxylic acids is 1. The number of hydrogen-bond acceptors (Lipinski definition) is 4. The minimum absolute atomic E-state index is 0.116. The van der Waals surface area contributed by atoms with E-state index in [1.54, 1.807) is 31.2 Å². The van der Waals surface area contributed by atoms with Crippen molar-refractivity contribution < 1.29 is 9.53 Å². The van der Waals surface area contributed by atoms with Crippen molar-refractivity contribution in [1.29, 1.82) is 0 Å². The maximum absolute atomic E-state index is 12.4. The van der Waals surface area contributed by atoms with Gasteiger partial charge in [-0.05, 0) is 44.2 Å². The largest absolute Gasteiger partial charge is 0.481 e. The zero-order valence-corrected chi connectivity index (χ0v) is 17.2. The molecule has 150 valence electrons. The Labute approximate surface area is 172 Å². The van der Waals surface area contributed by atoms with Crippen molar-refractivity contribution in [3.8, 4) is 5.75 Å². The lowest BCUT2D eigenvalue weighted by molar-refractivity contribution is -0.127. The average Bonchev–Trinajstić information content (AvgIpc) is 2.72. The Morgan fingerprint density at radius 2 is 1.79 bits per heavy atom. The van der Waals surface area contributed by atoms with Crippen molar-refractivity contribution in [2.75, 3.05) is 37.6 Å². The van der Waals surface area contributed by atoms with Crippen LogP contribution >= 0.6 is 11.6 Å². The molecule has 1 heterocycles. The SMILES string of the molecule is CC(Oc1cccc(Cl)c1)C(=O)NCC(C)N1CCN(c2ccccc2)CC1. The number of benzene rings is 2. The lowest BCUT2D eigenvalue weighted by atomic mass is 10.2. The summed E-state index contributed by atoms with van der Waals surface area (Å²) >= 11 is 5.96. The van der Waals surface area contributed by atoms with E-state index < -0.39 is 6.10 Å². The number of halogens is 1. The Morgan fingerprint density at radius 3 is 2.46 bits per heavy atom. The predicted molar refractivity (Wildman–Crippen MR) is 114 cm³/mol. The quantitative estimate of drug-likeness (QED) is 0.772. The van der Waals surface area contributed by atoms with Gasteiger partial charge in [-0.3, -0.25) is 9.69 Å². The van der Waals surface area contributed by atoms with Crippen molar-refractivity contribution in [1.82, 2.24) is 10.2 Å². The molecule has 0 saturated carbocycles. The first-order valence-corrected chi connectivity index (χ1v) is 10.1. The molecule has 28 heavy (non-hydrogen) atoms. The van der Waals surface area contributed by atoms with Gasteiger partial charge in [0.05, 0.1) is 0 Å². The standard InChI is InChI=1S/C22H28ClN3O2/c1-17(25-11-13-26(14-12-25)20-8-4-3-5-9-20)16-24-22(27)18(2)28-21-10-6-7-19(23)15-21/h3-10,15,17-18H,11-14,16H2,1-2H3,(H,24,27). The number of anilines is 1. The highest BCUT2D eigenvalue weighted by Crippen LogP contribution is 2.19. The predicted octanol–water partition coefficient (Wildman–Crippen LogP) is 3.43. The topological polar surface area (TPSA) is 44.8 Å². The van der Waals surface area contributed by atoms with Crippen LogP contribution in [0.4, 0.5) is 5.69 Å². The fraction of sp³-hybridized carbons (Fsp3) is 0.409. The van der Waals surface area contributed by atoms with Crippen LogP contribution in [0.25, 0.3) is 0 Å². The summed E-state index contributed by atoms with van der Waals surface area (Å²) in [4.78, 5) is 17.2. The van der Waals surface area contributed by atoms with Crippen LogP contribution in [0.1, 0.15) is 13.8 Å². The number of carbonyl (C=O) groups is 1. The summed E-state index contributed by atoms with van der Waals surface area (Å²) in [6.07, 6.45) is -0.569. The third-order valence-corrected chi connectivity index (χ3v) is 5.34. The number of para-hydroxylation sites is 1. The summed E-state index contributed by atoms with van der Waals surface area (Å²) in [7, 11) is 0. The van der Waals surface area contributed by atoms with Crippen LogP contribution in [0.5, 0.6) is 5.75 Å². The third-order valence-electron chi connectivity index (χ3n) is 5.11. The lowest BCUT2D eigenvalue weighted by Gasteiger charge is -2.39. The molecule has 1 saturated heterocycles. The monoisotopic (exact) mass is 401 g/mol. The number of piperazine rings is 1. The van der Waals surface area contributed by atoms with Gasteiger partial charge in [-0.25, -0.2) is 0 Å². The van der Waals surface area contributed by atoms with Gasteiger partial charge in [-0.1, -0.05) is 35.9 Å². The zero-order chi connectivity index (χ0) is 19.9. The second-order valence-corrected chi connectivity index (χ2v) is 7.61. The van der Waals surface area contributed by atoms with Gasteiger partial charge in [0.25, 0.3) is 5.91 Å². The first-order valence-electron chi connectivity index (χ1n) is 9.77. The number of amides is 1. The fourth-order valence-electron chi connectivity index (χ4n) is 3.38. The van der Waals surface area contributed by atoms with Crippen LogP contribution in [0.15, 0.2) is 54.6 Å². The normalized spacial score (nSPS) is 17.0. The maximum Gasteiger partial charge on any atom is 0.260 e. The van der Waals surface area contributed by atoms with E-state index in [1.165, 1.54) is 5.69 Å². The number of rotatable bonds is 7. The maximum atomic E-state index is 12.4. The van der Waals surface area contributed by atoms with E-state index in [1.807, 2.05) is 6.07 Å². The van der Waals surface area contributed by atoms with Gasteiger partial charge in [0.1, 0.15) is 5.75 Å². The molecular weight excluding hydrogens is 374 g/mol. The minimum atomic E-state index is -0.569. The van der Waals surface area contributed by atoms with E-state index in [0.29, 0.717) is 17.3 Å². The summed E-state index contributed by atoms with van der Waals surface area (Å²) in [5.41, 5.74) is 1.27. The molecule has 0 spiro atoms. The Morgan fingerprint density at radius 1 is 1.07 bits per heavy atom. The Hall–Kier alpha value is -2.24. The van der Waals surface area contributed by atoms with Gasteiger partial charge in [0.2, 0.25) is 0 Å². The van der Waals surface area contributed by atoms with Crippen LogP contribution in [0, 0.1) is 0 Å². The highest BCUT2D eigenvalue weighted by atomic mass is 35.5. The highest BCUT2D eigenvalue weighted by Gasteiger charge is 2.22. The van der Waals surface area contributed by atoms with Crippen molar-refractivity contribution in [3.05, 3.63) is 59.6 Å². The first-order chi connectivity index (χ1) is 13.5. The molecule has 3 rings (SSSR count). The molecule has 1 aliphatic rings. The van der Waals surface area contributed by atoms with Gasteiger partial charge < -0.3 is 15.0 Å². The van der Waals surface area contributed by atoms with E-state index in [0.717, 1.165) is 26.2 Å². The fourth-order valence-corrected chi connectivity index (χ4v) is 3.56. The minimum Gasteiger partial charge on any atom is -0.481 e. The van der Waals surface area contributed by atoms with Gasteiger partial charge in [-0.2, -0.15) is 0 Å². The van der Waals surface area contributed by atoms with Crippen LogP contribution < -0.4 is 15.0 Å². The van der Waals surface area contributed by atoms with Crippen LogP contribution in [-0.2, 0) is 4.79 Å². The molecule has 0 aromatic heterocycles. The molecule has 6 heteroatoms. The Balaban J connectivity index is 1.41. The van der Waals surface area contributed by atoms with Crippen LogP contribution in [-0.4, -0.2) is 55.7 Å². The van der Waals surface area contributed by atoms with Crippen molar-refractivity contribution in [2.45, 2.75) is 26.0 Å². The summed E-state index contributed by atoms with van der Waals surface area (Å²) in [5.74, 6) is 0.481. The van der Waals surface area contributed by atoms with Crippen LogP contribution in [0.3, 0.4) is 0 Å². The molecule has 2 aromatic carbocycles. The summed E-state index contributed by atoms with van der Waals surface area (Å²) in [6.45, 7) is 8.47. The zero-order valence-electron chi connectivity index (χ0n) is 16.5. The Kier molecular flexibility index (Phi) is 7.18. The molecular formula is C22H28ClN3O2. The molecule has 1 aliphatic heterocycles. The summed E-state index contributed by atoms with van der Waals surface area (Å²) < 4.78 is 5.68. The van der Waals surface area contributed by atoms with Crippen molar-refractivity contribution >= 4 is 23.2 Å². The molecule has 1 fully saturated rings. The second kappa shape index (κ2) is 9.80. The number of hydrogen-bond donors (Lipinski definition) is 1. The van der Waals surface area contributed by atoms with E-state index in [-0.39, 0.29) is 11.9 Å². The molecule has 2 aromatic rings.